The molecule has 0 fully saturated rings. The highest BCUT2D eigenvalue weighted by atomic mass is 32.2. The minimum atomic E-state index is -9.08. The van der Waals surface area contributed by atoms with E-state index in [0.29, 0.717) is 0 Å². The molecular weight excluding hydrogens is 678 g/mol. The molecule has 0 amide bonds. The molecule has 1 unspecified atom stereocenters. The molecule has 1 atom stereocenters. The third-order valence-corrected chi connectivity index (χ3v) is 5.64. The van der Waals surface area contributed by atoms with Gasteiger partial charge in [-0.3, -0.25) is 0 Å². The van der Waals surface area contributed by atoms with Crippen molar-refractivity contribution < 1.29 is 106 Å². The predicted molar refractivity (Wildman–Crippen MR) is 92.5 cm³/mol. The Balaban J connectivity index is 0.00000246. The zero-order chi connectivity index (χ0) is 34.2. The molecular formula is C17H11F20NO3S. The Morgan fingerprint density at radius 1 is 0.571 bits per heavy atom. The maximum Gasteiger partial charge on any atom is 0.402 e. The number of halogens is 20. The summed E-state index contributed by atoms with van der Waals surface area (Å²) in [6.07, 6.45) is -13.1. The smallest absolute Gasteiger partial charge is 0.402 e. The summed E-state index contributed by atoms with van der Waals surface area (Å²) < 4.78 is 291. The second kappa shape index (κ2) is 11.6. The molecule has 1 aromatic heterocycles. The summed E-state index contributed by atoms with van der Waals surface area (Å²) in [6.45, 7) is 0. The molecule has 0 bridgehead atoms. The van der Waals surface area contributed by atoms with Crippen LogP contribution in [0.25, 0.3) is 0 Å². The standard InChI is InChI=1S/C12H6F20O3S.C5H5N/c13-3(1-2-4(14,15)16)5(17,18)6(19,20)7(21,22)8(23,24)9(25,26)10(27,28)11(29,30)12(31,32)36(33,34)35;1-2-4-6-5-3-1/h3H,1-2H2,(H,33,34,35);1-5H. The van der Waals surface area contributed by atoms with Crippen LogP contribution >= 0.6 is 0 Å². The van der Waals surface area contributed by atoms with Gasteiger partial charge >= 0.3 is 52.9 Å². The van der Waals surface area contributed by atoms with E-state index in [-0.39, 0.29) is 0 Å². The van der Waals surface area contributed by atoms with Gasteiger partial charge in [-0.1, -0.05) is 6.07 Å². The summed E-state index contributed by atoms with van der Waals surface area (Å²) in [5, 5.41) is -8.06. The van der Waals surface area contributed by atoms with Crippen molar-refractivity contribution in [2.24, 2.45) is 0 Å². The third kappa shape index (κ3) is 6.59. The molecule has 1 aromatic rings. The molecule has 0 aliphatic rings. The molecule has 0 aromatic carbocycles. The average Bonchev–Trinajstić information content (AvgIpc) is 2.81. The van der Waals surface area contributed by atoms with E-state index in [0.717, 1.165) is 0 Å². The molecule has 0 aliphatic heterocycles. The Bertz CT molecular complexity index is 1110. The minimum Gasteiger partial charge on any atom is -0.743 e. The van der Waals surface area contributed by atoms with Crippen LogP contribution in [-0.2, 0) is 10.1 Å². The number of rotatable bonds is 11. The number of pyridine rings is 1. The molecule has 0 saturated heterocycles. The fourth-order valence-corrected chi connectivity index (χ4v) is 2.79. The highest BCUT2D eigenvalue weighted by molar-refractivity contribution is 7.86. The second-order valence-electron chi connectivity index (χ2n) is 7.74. The summed E-state index contributed by atoms with van der Waals surface area (Å²) in [7, 11) is -8.25. The van der Waals surface area contributed by atoms with Crippen molar-refractivity contribution in [3.63, 3.8) is 0 Å². The monoisotopic (exact) mass is 689 g/mol. The van der Waals surface area contributed by atoms with Crippen LogP contribution < -0.4 is 4.98 Å². The minimum absolute atomic E-state index is 1.88. The van der Waals surface area contributed by atoms with Crippen LogP contribution in [0.2, 0.25) is 0 Å². The van der Waals surface area contributed by atoms with Crippen LogP contribution in [-0.4, -0.2) is 72.0 Å². The lowest BCUT2D eigenvalue weighted by Gasteiger charge is -2.44. The van der Waals surface area contributed by atoms with Crippen LogP contribution in [0.4, 0.5) is 87.8 Å². The molecule has 0 aliphatic carbocycles. The lowest BCUT2D eigenvalue weighted by molar-refractivity contribution is -0.451. The Kier molecular flexibility index (Phi) is 11.0. The molecule has 248 valence electrons. The van der Waals surface area contributed by atoms with Gasteiger partial charge in [0.05, 0.1) is 0 Å². The summed E-state index contributed by atoms with van der Waals surface area (Å²) in [5.74, 6) is -60.6. The Hall–Kier alpha value is -2.34. The maximum absolute atomic E-state index is 13.5. The van der Waals surface area contributed by atoms with Gasteiger partial charge in [-0.15, -0.1) is 0 Å². The maximum atomic E-state index is 13.5. The summed E-state index contributed by atoms with van der Waals surface area (Å²) >= 11 is 0. The molecule has 1 rings (SSSR count). The van der Waals surface area contributed by atoms with E-state index < -0.39 is 82.0 Å². The quantitative estimate of drug-likeness (QED) is 0.191. The average molecular weight is 689 g/mol. The zero-order valence-electron chi connectivity index (χ0n) is 19.1. The number of aromatic nitrogens is 1. The van der Waals surface area contributed by atoms with Crippen LogP contribution in [0.5, 0.6) is 0 Å². The Morgan fingerprint density at radius 2 is 0.905 bits per heavy atom. The van der Waals surface area contributed by atoms with Gasteiger partial charge in [0, 0.05) is 18.6 Å². The number of hydrogen-bond donors (Lipinski definition) is 0. The molecule has 1 N–H and O–H groups in total. The normalized spacial score (nSPS) is 16.0. The molecule has 1 heterocycles. The first kappa shape index (κ1) is 39.7. The van der Waals surface area contributed by atoms with Gasteiger partial charge in [0.15, 0.2) is 28.7 Å². The second-order valence-corrected chi connectivity index (χ2v) is 9.16. The highest BCUT2D eigenvalue weighted by Crippen LogP contribution is 2.64. The van der Waals surface area contributed by atoms with Crippen LogP contribution in [0.1, 0.15) is 12.8 Å². The summed E-state index contributed by atoms with van der Waals surface area (Å²) in [6, 6.07) is 5.86. The van der Waals surface area contributed by atoms with E-state index in [1.165, 1.54) is 0 Å². The van der Waals surface area contributed by atoms with Crippen molar-refractivity contribution >= 4 is 10.1 Å². The van der Waals surface area contributed by atoms with E-state index in [4.69, 9.17) is 0 Å². The van der Waals surface area contributed by atoms with Crippen LogP contribution in [0.3, 0.4) is 0 Å². The fraction of sp³-hybridized carbons (Fsp3) is 0.706. The first-order valence-corrected chi connectivity index (χ1v) is 11.1. The number of H-pyrrole nitrogens is 1. The Labute approximate surface area is 219 Å². The predicted octanol–water partition coefficient (Wildman–Crippen LogP) is 6.75. The number of nitrogens with one attached hydrogen (secondary N) is 1. The van der Waals surface area contributed by atoms with Crippen molar-refractivity contribution in [1.82, 2.24) is 0 Å². The van der Waals surface area contributed by atoms with Gasteiger partial charge < -0.3 is 4.55 Å². The van der Waals surface area contributed by atoms with E-state index in [1.807, 2.05) is 30.6 Å². The zero-order valence-corrected chi connectivity index (χ0v) is 19.9. The van der Waals surface area contributed by atoms with Gasteiger partial charge in [-0.05, 0) is 6.42 Å². The van der Waals surface area contributed by atoms with E-state index in [2.05, 4.69) is 4.98 Å². The van der Waals surface area contributed by atoms with Crippen LogP contribution in [0, 0.1) is 0 Å². The lowest BCUT2D eigenvalue weighted by atomic mass is 9.87. The van der Waals surface area contributed by atoms with Gasteiger partial charge in [0.2, 0.25) is 0 Å². The SMILES string of the molecule is O=S(=O)([O-])C(F)(F)C(F)(F)C(F)(F)C(F)(F)C(F)(F)C(F)(F)C(F)(F)C(F)(F)C(F)CCC(F)(F)F.c1cc[nH+]cc1. The lowest BCUT2D eigenvalue weighted by Crippen LogP contribution is -2.75. The van der Waals surface area contributed by atoms with Crippen LogP contribution in [0.15, 0.2) is 30.6 Å². The van der Waals surface area contributed by atoms with Crippen molar-refractivity contribution in [2.45, 2.75) is 71.9 Å². The summed E-state index contributed by atoms with van der Waals surface area (Å²) in [5.41, 5.74) is 0. The number of hydrogen-bond acceptors (Lipinski definition) is 3. The number of aromatic amines is 1. The fourth-order valence-electron chi connectivity index (χ4n) is 2.35. The van der Waals surface area contributed by atoms with Gasteiger partial charge in [0.1, 0.15) is 0 Å². The first-order valence-electron chi connectivity index (χ1n) is 9.72. The molecule has 0 saturated carbocycles. The van der Waals surface area contributed by atoms with Gasteiger partial charge in [-0.2, -0.15) is 83.4 Å². The van der Waals surface area contributed by atoms with Gasteiger partial charge in [-0.25, -0.2) is 17.8 Å². The molecule has 0 radical (unpaired) electrons. The number of alkyl halides is 20. The Morgan fingerprint density at radius 3 is 1.17 bits per heavy atom. The molecule has 0 spiro atoms. The topological polar surface area (TPSA) is 71.3 Å². The third-order valence-electron chi connectivity index (χ3n) is 4.75. The van der Waals surface area contributed by atoms with Crippen molar-refractivity contribution in [2.75, 3.05) is 0 Å². The first-order chi connectivity index (χ1) is 18.1. The molecule has 42 heavy (non-hydrogen) atoms. The largest absolute Gasteiger partial charge is 0.743 e. The van der Waals surface area contributed by atoms with Crippen molar-refractivity contribution in [1.29, 1.82) is 0 Å². The van der Waals surface area contributed by atoms with E-state index in [1.54, 1.807) is 0 Å². The molecule has 25 heteroatoms. The van der Waals surface area contributed by atoms with Crippen molar-refractivity contribution in [3.05, 3.63) is 30.6 Å². The molecule has 4 nitrogen and oxygen atoms in total. The van der Waals surface area contributed by atoms with Crippen molar-refractivity contribution in [3.8, 4) is 0 Å². The van der Waals surface area contributed by atoms with E-state index >= 15 is 0 Å². The van der Waals surface area contributed by atoms with Gasteiger partial charge in [0.25, 0.3) is 0 Å². The highest BCUT2D eigenvalue weighted by Gasteiger charge is 2.95. The van der Waals surface area contributed by atoms with E-state index in [9.17, 15) is 101 Å². The summed E-state index contributed by atoms with van der Waals surface area (Å²) in [4.78, 5) is 2.89.